The Bertz CT molecular complexity index is 442. The third kappa shape index (κ3) is 35.3. The number of hydrogen-bond donors (Lipinski definition) is 0. The van der Waals surface area contributed by atoms with Gasteiger partial charge in [-0.25, -0.2) is 0 Å². The van der Waals surface area contributed by atoms with Gasteiger partial charge in [0.1, 0.15) is 6.61 Å². The molecule has 0 fully saturated rings. The van der Waals surface area contributed by atoms with Crippen LogP contribution in [-0.2, 0) is 33.2 Å². The molecule has 0 saturated carbocycles. The molecule has 7 heteroatoms. The highest BCUT2D eigenvalue weighted by Crippen LogP contribution is 2.12. The minimum Gasteiger partial charge on any atom is -0.379 e. The molecule has 0 spiro atoms. The van der Waals surface area contributed by atoms with Crippen LogP contribution in [0.3, 0.4) is 0 Å². The van der Waals surface area contributed by atoms with Crippen LogP contribution < -0.4 is 0 Å². The Labute approximate surface area is 228 Å². The van der Waals surface area contributed by atoms with Crippen LogP contribution >= 0.6 is 0 Å². The standard InChI is InChI=1S/C30H58O7/c1-3-5-6-7-8-9-10-11-12-13-14-15-16-18-32-20-22-34-24-26-36-28-30-37-29-27-35-25-23-33-21-19-31-17-4-2/h2H,3,5-30H2,1H3. The summed E-state index contributed by atoms with van der Waals surface area (Å²) < 4.78 is 38.0. The molecule has 0 heterocycles. The summed E-state index contributed by atoms with van der Waals surface area (Å²) >= 11 is 0. The quantitative estimate of drug-likeness (QED) is 0.0782. The van der Waals surface area contributed by atoms with Gasteiger partial charge in [-0.15, -0.1) is 6.42 Å². The fourth-order valence-corrected chi connectivity index (χ4v) is 3.67. The maximum atomic E-state index is 5.65. The van der Waals surface area contributed by atoms with Gasteiger partial charge in [0.15, 0.2) is 0 Å². The van der Waals surface area contributed by atoms with Gasteiger partial charge in [0, 0.05) is 6.61 Å². The normalized spacial score (nSPS) is 11.2. The van der Waals surface area contributed by atoms with Gasteiger partial charge < -0.3 is 33.2 Å². The minimum absolute atomic E-state index is 0.322. The van der Waals surface area contributed by atoms with Gasteiger partial charge in [0.2, 0.25) is 0 Å². The van der Waals surface area contributed by atoms with Crippen molar-refractivity contribution in [3.63, 3.8) is 0 Å². The van der Waals surface area contributed by atoms with Gasteiger partial charge in [-0.05, 0) is 6.42 Å². The molecule has 0 radical (unpaired) electrons. The molecule has 0 rings (SSSR count). The summed E-state index contributed by atoms with van der Waals surface area (Å²) in [5.41, 5.74) is 0. The van der Waals surface area contributed by atoms with Crippen LogP contribution in [0.1, 0.15) is 90.4 Å². The topological polar surface area (TPSA) is 64.6 Å². The van der Waals surface area contributed by atoms with E-state index < -0.39 is 0 Å². The van der Waals surface area contributed by atoms with Crippen LogP contribution in [0.4, 0.5) is 0 Å². The summed E-state index contributed by atoms with van der Waals surface area (Å²) in [6, 6.07) is 0. The van der Waals surface area contributed by atoms with Crippen LogP contribution in [0.5, 0.6) is 0 Å². The lowest BCUT2D eigenvalue weighted by molar-refractivity contribution is -0.0197. The summed E-state index contributed by atoms with van der Waals surface area (Å²) in [6.45, 7) is 10.2. The fraction of sp³-hybridized carbons (Fsp3) is 0.933. The Morgan fingerprint density at radius 3 is 0.946 bits per heavy atom. The molecule has 0 aromatic heterocycles. The molecule has 0 aromatic rings. The lowest BCUT2D eigenvalue weighted by atomic mass is 10.0. The van der Waals surface area contributed by atoms with Crippen molar-refractivity contribution in [3.8, 4) is 12.3 Å². The van der Waals surface area contributed by atoms with E-state index in [0.717, 1.165) is 13.0 Å². The molecule has 0 aliphatic heterocycles. The summed E-state index contributed by atoms with van der Waals surface area (Å²) in [5, 5.41) is 0. The van der Waals surface area contributed by atoms with Gasteiger partial charge in [0.05, 0.1) is 79.3 Å². The Kier molecular flexibility index (Phi) is 34.6. The average Bonchev–Trinajstić information content (AvgIpc) is 2.91. The smallest absolute Gasteiger partial charge is 0.107 e. The molecule has 0 bridgehead atoms. The second kappa shape index (κ2) is 35.3. The van der Waals surface area contributed by atoms with Crippen molar-refractivity contribution in [2.75, 3.05) is 92.5 Å². The Morgan fingerprint density at radius 2 is 0.622 bits per heavy atom. The molecule has 0 aliphatic carbocycles. The van der Waals surface area contributed by atoms with Gasteiger partial charge >= 0.3 is 0 Å². The lowest BCUT2D eigenvalue weighted by Crippen LogP contribution is -2.14. The van der Waals surface area contributed by atoms with Crippen LogP contribution in [0.2, 0.25) is 0 Å². The van der Waals surface area contributed by atoms with Crippen LogP contribution in [0.25, 0.3) is 0 Å². The zero-order valence-corrected chi connectivity index (χ0v) is 24.0. The average molecular weight is 531 g/mol. The lowest BCUT2D eigenvalue weighted by Gasteiger charge is -2.08. The highest BCUT2D eigenvalue weighted by molar-refractivity contribution is 4.82. The van der Waals surface area contributed by atoms with E-state index in [1.807, 2.05) is 0 Å². The van der Waals surface area contributed by atoms with E-state index >= 15 is 0 Å². The van der Waals surface area contributed by atoms with E-state index in [-0.39, 0.29) is 0 Å². The first-order valence-electron chi connectivity index (χ1n) is 14.9. The van der Waals surface area contributed by atoms with Crippen molar-refractivity contribution in [1.82, 2.24) is 0 Å². The molecule has 0 N–H and O–H groups in total. The van der Waals surface area contributed by atoms with Crippen molar-refractivity contribution >= 4 is 0 Å². The van der Waals surface area contributed by atoms with E-state index in [0.29, 0.717) is 85.9 Å². The summed E-state index contributed by atoms with van der Waals surface area (Å²) in [7, 11) is 0. The predicted molar refractivity (Wildman–Crippen MR) is 150 cm³/mol. The minimum atomic E-state index is 0.322. The molecule has 0 saturated heterocycles. The van der Waals surface area contributed by atoms with Crippen molar-refractivity contribution < 1.29 is 33.2 Å². The van der Waals surface area contributed by atoms with Gasteiger partial charge in [-0.1, -0.05) is 89.9 Å². The van der Waals surface area contributed by atoms with Gasteiger partial charge in [-0.2, -0.15) is 0 Å². The molecule has 7 nitrogen and oxygen atoms in total. The molecule has 0 atom stereocenters. The summed E-state index contributed by atoms with van der Waals surface area (Å²) in [6.07, 6.45) is 22.9. The fourth-order valence-electron chi connectivity index (χ4n) is 3.67. The van der Waals surface area contributed by atoms with E-state index in [1.54, 1.807) is 0 Å². The maximum Gasteiger partial charge on any atom is 0.107 e. The SMILES string of the molecule is C#CCOCCOCCOCCOCCOCCOCCOCCCCCCCCCCCCCCC. The molecule has 37 heavy (non-hydrogen) atoms. The van der Waals surface area contributed by atoms with Crippen molar-refractivity contribution in [2.24, 2.45) is 0 Å². The molecule has 220 valence electrons. The van der Waals surface area contributed by atoms with E-state index in [1.165, 1.54) is 77.0 Å². The summed E-state index contributed by atoms with van der Waals surface area (Å²) in [4.78, 5) is 0. The van der Waals surface area contributed by atoms with Crippen LogP contribution in [0.15, 0.2) is 0 Å². The largest absolute Gasteiger partial charge is 0.379 e. The van der Waals surface area contributed by atoms with Crippen LogP contribution in [0, 0.1) is 12.3 Å². The van der Waals surface area contributed by atoms with Gasteiger partial charge in [0.25, 0.3) is 0 Å². The van der Waals surface area contributed by atoms with E-state index in [4.69, 9.17) is 39.6 Å². The number of unbranched alkanes of at least 4 members (excludes halogenated alkanes) is 12. The van der Waals surface area contributed by atoms with E-state index in [9.17, 15) is 0 Å². The molecule has 0 unspecified atom stereocenters. The first-order chi connectivity index (χ1) is 18.4. The summed E-state index contributed by atoms with van der Waals surface area (Å²) in [5.74, 6) is 2.41. The number of rotatable bonds is 33. The third-order valence-corrected chi connectivity index (χ3v) is 5.81. The maximum absolute atomic E-state index is 5.65. The highest BCUT2D eigenvalue weighted by Gasteiger charge is 1.96. The monoisotopic (exact) mass is 530 g/mol. The Morgan fingerprint density at radius 1 is 0.351 bits per heavy atom. The predicted octanol–water partition coefficient (Wildman–Crippen LogP) is 5.83. The first-order valence-corrected chi connectivity index (χ1v) is 14.9. The number of hydrogen-bond acceptors (Lipinski definition) is 7. The second-order valence-corrected chi connectivity index (χ2v) is 9.17. The second-order valence-electron chi connectivity index (χ2n) is 9.17. The number of ether oxygens (including phenoxy) is 7. The molecule has 0 amide bonds. The first kappa shape index (κ1) is 36.3. The highest BCUT2D eigenvalue weighted by atomic mass is 16.6. The van der Waals surface area contributed by atoms with Crippen molar-refractivity contribution in [2.45, 2.75) is 90.4 Å². The number of terminal acetylenes is 1. The van der Waals surface area contributed by atoms with Crippen LogP contribution in [-0.4, -0.2) is 92.5 Å². The third-order valence-electron chi connectivity index (χ3n) is 5.81. The van der Waals surface area contributed by atoms with E-state index in [2.05, 4.69) is 12.8 Å². The van der Waals surface area contributed by atoms with Crippen molar-refractivity contribution in [1.29, 1.82) is 0 Å². The Balaban J connectivity index is 3.01. The molecular weight excluding hydrogens is 472 g/mol. The zero-order valence-electron chi connectivity index (χ0n) is 24.0. The van der Waals surface area contributed by atoms with Crippen molar-refractivity contribution in [3.05, 3.63) is 0 Å². The Hall–Kier alpha value is -0.720. The molecule has 0 aliphatic rings. The molecular formula is C30H58O7. The molecule has 0 aromatic carbocycles. The zero-order chi connectivity index (χ0) is 26.7. The van der Waals surface area contributed by atoms with Gasteiger partial charge in [-0.3, -0.25) is 0 Å².